The molecule has 0 amide bonds. The number of halogens is 9. The van der Waals surface area contributed by atoms with Crippen LogP contribution in [0.25, 0.3) is 11.1 Å². The Kier molecular flexibility index (Phi) is 4.62. The van der Waals surface area contributed by atoms with Gasteiger partial charge in [0.2, 0.25) is 0 Å². The average molecular weight is 375 g/mol. The maximum absolute atomic E-state index is 13.1. The summed E-state index contributed by atoms with van der Waals surface area (Å²) in [5.74, 6) is -0.955. The Bertz CT molecular complexity index is 730. The van der Waals surface area contributed by atoms with Crippen LogP contribution in [0.2, 0.25) is 0 Å². The SMILES string of the molecule is FC(F)(F)Oc1cccc(-c2c(C(F)(F)F)cncc2C(F)(F)F)c1. The molecule has 1 aromatic heterocycles. The number of hydrogen-bond donors (Lipinski definition) is 0. The zero-order valence-electron chi connectivity index (χ0n) is 11.7. The van der Waals surface area contributed by atoms with Crippen molar-refractivity contribution in [3.63, 3.8) is 0 Å². The Morgan fingerprint density at radius 3 is 1.72 bits per heavy atom. The molecular weight excluding hydrogens is 369 g/mol. The van der Waals surface area contributed by atoms with Gasteiger partial charge in [0.25, 0.3) is 0 Å². The molecule has 25 heavy (non-hydrogen) atoms. The molecule has 0 atom stereocenters. The molecule has 0 saturated heterocycles. The summed E-state index contributed by atoms with van der Waals surface area (Å²) in [6.07, 6.45) is -15.2. The fourth-order valence-corrected chi connectivity index (χ4v) is 2.05. The molecular formula is C14H6F9NO. The second kappa shape index (κ2) is 6.12. The number of benzene rings is 1. The minimum absolute atomic E-state index is 0.169. The first-order valence-electron chi connectivity index (χ1n) is 6.27. The van der Waals surface area contributed by atoms with E-state index in [-0.39, 0.29) is 12.4 Å². The van der Waals surface area contributed by atoms with Crippen LogP contribution in [0, 0.1) is 0 Å². The second-order valence-corrected chi connectivity index (χ2v) is 4.68. The van der Waals surface area contributed by atoms with Gasteiger partial charge in [-0.05, 0) is 17.7 Å². The quantitative estimate of drug-likeness (QED) is 0.630. The largest absolute Gasteiger partial charge is 0.573 e. The number of aromatic nitrogens is 1. The highest BCUT2D eigenvalue weighted by atomic mass is 19.4. The molecule has 2 aromatic rings. The maximum Gasteiger partial charge on any atom is 0.573 e. The lowest BCUT2D eigenvalue weighted by molar-refractivity contribution is -0.274. The monoisotopic (exact) mass is 375 g/mol. The van der Waals surface area contributed by atoms with Crippen LogP contribution in [0.3, 0.4) is 0 Å². The molecule has 0 aliphatic carbocycles. The van der Waals surface area contributed by atoms with Crippen LogP contribution in [0.1, 0.15) is 11.1 Å². The third kappa shape index (κ3) is 4.54. The molecule has 0 fully saturated rings. The lowest BCUT2D eigenvalue weighted by Crippen LogP contribution is -2.17. The number of alkyl halides is 9. The van der Waals surface area contributed by atoms with E-state index in [0.717, 1.165) is 18.2 Å². The standard InChI is InChI=1S/C14H6F9NO/c15-12(16,17)9-5-24-6-10(13(18,19)20)11(9)7-2-1-3-8(4-7)25-14(21,22)23/h1-6H. The molecule has 0 bridgehead atoms. The molecule has 136 valence electrons. The van der Waals surface area contributed by atoms with Crippen LogP contribution in [0.5, 0.6) is 5.75 Å². The Balaban J connectivity index is 2.71. The van der Waals surface area contributed by atoms with Crippen molar-refractivity contribution in [1.82, 2.24) is 4.98 Å². The Morgan fingerprint density at radius 1 is 0.760 bits per heavy atom. The predicted molar refractivity (Wildman–Crippen MR) is 66.4 cm³/mol. The minimum atomic E-state index is -5.20. The van der Waals surface area contributed by atoms with Gasteiger partial charge in [0.1, 0.15) is 5.75 Å². The smallest absolute Gasteiger partial charge is 0.406 e. The summed E-state index contributed by atoms with van der Waals surface area (Å²) >= 11 is 0. The van der Waals surface area contributed by atoms with Gasteiger partial charge in [-0.1, -0.05) is 12.1 Å². The van der Waals surface area contributed by atoms with E-state index < -0.39 is 46.7 Å². The van der Waals surface area contributed by atoms with Crippen molar-refractivity contribution in [2.24, 2.45) is 0 Å². The number of nitrogens with zero attached hydrogens (tertiary/aromatic N) is 1. The van der Waals surface area contributed by atoms with Gasteiger partial charge in [-0.3, -0.25) is 4.98 Å². The summed E-state index contributed by atoms with van der Waals surface area (Å²) in [5.41, 5.74) is -5.54. The molecule has 1 heterocycles. The van der Waals surface area contributed by atoms with E-state index in [2.05, 4.69) is 9.72 Å². The molecule has 11 heteroatoms. The first-order chi connectivity index (χ1) is 11.3. The van der Waals surface area contributed by atoms with Crippen LogP contribution in [0.4, 0.5) is 39.5 Å². The summed E-state index contributed by atoms with van der Waals surface area (Å²) in [6.45, 7) is 0. The molecule has 0 aliphatic heterocycles. The molecule has 0 radical (unpaired) electrons. The maximum atomic E-state index is 13.1. The van der Waals surface area contributed by atoms with Crippen LogP contribution in [0.15, 0.2) is 36.7 Å². The van der Waals surface area contributed by atoms with Crippen molar-refractivity contribution >= 4 is 0 Å². The summed E-state index contributed by atoms with van der Waals surface area (Å²) in [6, 6.07) is 2.84. The first-order valence-corrected chi connectivity index (χ1v) is 6.27. The van der Waals surface area contributed by atoms with Gasteiger partial charge >= 0.3 is 18.7 Å². The fraction of sp³-hybridized carbons (Fsp3) is 0.214. The Labute approximate surface area is 133 Å². The normalized spacial score (nSPS) is 13.0. The van der Waals surface area contributed by atoms with Crippen LogP contribution < -0.4 is 4.74 Å². The van der Waals surface area contributed by atoms with Crippen molar-refractivity contribution < 1.29 is 44.3 Å². The number of pyridine rings is 1. The van der Waals surface area contributed by atoms with Crippen molar-refractivity contribution in [2.45, 2.75) is 18.7 Å². The molecule has 0 unspecified atom stereocenters. The van der Waals surface area contributed by atoms with Crippen molar-refractivity contribution in [1.29, 1.82) is 0 Å². The highest BCUT2D eigenvalue weighted by molar-refractivity contribution is 5.73. The van der Waals surface area contributed by atoms with E-state index in [0.29, 0.717) is 6.07 Å². The van der Waals surface area contributed by atoms with Crippen LogP contribution >= 0.6 is 0 Å². The highest BCUT2D eigenvalue weighted by Crippen LogP contribution is 2.44. The third-order valence-electron chi connectivity index (χ3n) is 2.91. The number of ether oxygens (including phenoxy) is 1. The predicted octanol–water partition coefficient (Wildman–Crippen LogP) is 5.68. The molecule has 2 rings (SSSR count). The van der Waals surface area contributed by atoms with Crippen LogP contribution in [-0.4, -0.2) is 11.3 Å². The Hall–Kier alpha value is -2.46. The summed E-state index contributed by atoms with van der Waals surface area (Å²) < 4.78 is 119. The minimum Gasteiger partial charge on any atom is -0.406 e. The summed E-state index contributed by atoms with van der Waals surface area (Å²) in [7, 11) is 0. The highest BCUT2D eigenvalue weighted by Gasteiger charge is 2.42. The van der Waals surface area contributed by atoms with E-state index in [1.807, 2.05) is 0 Å². The van der Waals surface area contributed by atoms with Gasteiger partial charge < -0.3 is 4.74 Å². The van der Waals surface area contributed by atoms with E-state index in [1.54, 1.807) is 0 Å². The van der Waals surface area contributed by atoms with Gasteiger partial charge in [-0.25, -0.2) is 0 Å². The average Bonchev–Trinajstić information content (AvgIpc) is 2.43. The second-order valence-electron chi connectivity index (χ2n) is 4.68. The van der Waals surface area contributed by atoms with E-state index >= 15 is 0 Å². The Morgan fingerprint density at radius 2 is 1.28 bits per heavy atom. The van der Waals surface area contributed by atoms with Gasteiger partial charge in [0.05, 0.1) is 11.1 Å². The van der Waals surface area contributed by atoms with E-state index in [9.17, 15) is 39.5 Å². The zero-order valence-corrected chi connectivity index (χ0v) is 11.7. The van der Waals surface area contributed by atoms with E-state index in [1.165, 1.54) is 0 Å². The summed E-state index contributed by atoms with van der Waals surface area (Å²) in [4.78, 5) is 2.93. The lowest BCUT2D eigenvalue weighted by Gasteiger charge is -2.19. The molecule has 1 aromatic carbocycles. The third-order valence-corrected chi connectivity index (χ3v) is 2.91. The number of hydrogen-bond acceptors (Lipinski definition) is 2. The van der Waals surface area contributed by atoms with Gasteiger partial charge in [0, 0.05) is 18.0 Å². The number of rotatable bonds is 2. The van der Waals surface area contributed by atoms with Gasteiger partial charge in [0.15, 0.2) is 0 Å². The fourth-order valence-electron chi connectivity index (χ4n) is 2.05. The van der Waals surface area contributed by atoms with E-state index in [4.69, 9.17) is 0 Å². The lowest BCUT2D eigenvalue weighted by atomic mass is 9.96. The van der Waals surface area contributed by atoms with Gasteiger partial charge in [-0.2, -0.15) is 26.3 Å². The van der Waals surface area contributed by atoms with Crippen molar-refractivity contribution in [3.05, 3.63) is 47.8 Å². The molecule has 0 spiro atoms. The van der Waals surface area contributed by atoms with Crippen molar-refractivity contribution in [2.75, 3.05) is 0 Å². The topological polar surface area (TPSA) is 22.1 Å². The van der Waals surface area contributed by atoms with Crippen molar-refractivity contribution in [3.8, 4) is 16.9 Å². The van der Waals surface area contributed by atoms with Gasteiger partial charge in [-0.15, -0.1) is 13.2 Å². The molecule has 2 nitrogen and oxygen atoms in total. The molecule has 0 saturated carbocycles. The summed E-state index contributed by atoms with van der Waals surface area (Å²) in [5, 5.41) is 0. The first kappa shape index (κ1) is 18.9. The zero-order chi connectivity index (χ0) is 19.0. The van der Waals surface area contributed by atoms with Crippen LogP contribution in [-0.2, 0) is 12.4 Å². The molecule has 0 N–H and O–H groups in total. The molecule has 0 aliphatic rings.